The summed E-state index contributed by atoms with van der Waals surface area (Å²) in [5, 5.41) is 0. The van der Waals surface area contributed by atoms with Crippen molar-refractivity contribution < 1.29 is 19.0 Å². The first kappa shape index (κ1) is 23.4. The van der Waals surface area contributed by atoms with Gasteiger partial charge in [0, 0.05) is 57.1 Å². The van der Waals surface area contributed by atoms with Crippen molar-refractivity contribution in [3.8, 4) is 11.5 Å². The Labute approximate surface area is 196 Å². The van der Waals surface area contributed by atoms with Crippen LogP contribution in [0.4, 0.5) is 5.69 Å². The maximum atomic E-state index is 13.2. The number of nitrogens with zero attached hydrogens (tertiary/aromatic N) is 3. The molecular formula is C26H35N3O4. The van der Waals surface area contributed by atoms with Gasteiger partial charge in [0.1, 0.15) is 11.5 Å². The molecule has 2 heterocycles. The van der Waals surface area contributed by atoms with Gasteiger partial charge in [-0.3, -0.25) is 9.69 Å². The van der Waals surface area contributed by atoms with Gasteiger partial charge in [0.25, 0.3) is 0 Å². The molecular weight excluding hydrogens is 418 g/mol. The van der Waals surface area contributed by atoms with Gasteiger partial charge >= 0.3 is 0 Å². The maximum Gasteiger partial charge on any atom is 0.236 e. The molecule has 0 aliphatic carbocycles. The van der Waals surface area contributed by atoms with Gasteiger partial charge in [-0.1, -0.05) is 18.2 Å². The number of benzene rings is 2. The number of carbonyl (C=O) groups is 1. The molecule has 0 bridgehead atoms. The third-order valence-electron chi connectivity index (χ3n) is 6.50. The number of methoxy groups -OCH3 is 2. The van der Waals surface area contributed by atoms with Crippen molar-refractivity contribution in [1.82, 2.24) is 9.80 Å². The number of para-hydroxylation sites is 1. The Bertz CT molecular complexity index is 891. The van der Waals surface area contributed by atoms with E-state index in [1.807, 2.05) is 35.2 Å². The van der Waals surface area contributed by atoms with E-state index in [9.17, 15) is 4.79 Å². The molecule has 2 aromatic rings. The quantitative estimate of drug-likeness (QED) is 0.582. The molecule has 0 saturated carbocycles. The molecule has 1 amide bonds. The Morgan fingerprint density at radius 3 is 2.45 bits per heavy atom. The first-order valence-corrected chi connectivity index (χ1v) is 11.8. The molecule has 2 aliphatic rings. The number of anilines is 1. The predicted molar refractivity (Wildman–Crippen MR) is 129 cm³/mol. The first-order valence-electron chi connectivity index (χ1n) is 11.8. The van der Waals surface area contributed by atoms with Gasteiger partial charge < -0.3 is 24.0 Å². The van der Waals surface area contributed by atoms with Gasteiger partial charge in [-0.15, -0.1) is 0 Å². The fraction of sp³-hybridized carbons (Fsp3) is 0.500. The second-order valence-electron chi connectivity index (χ2n) is 8.68. The third kappa shape index (κ3) is 6.18. The van der Waals surface area contributed by atoms with Crippen LogP contribution in [0.3, 0.4) is 0 Å². The van der Waals surface area contributed by atoms with Crippen LogP contribution in [0.5, 0.6) is 11.5 Å². The smallest absolute Gasteiger partial charge is 0.236 e. The van der Waals surface area contributed by atoms with Crippen LogP contribution >= 0.6 is 0 Å². The van der Waals surface area contributed by atoms with Crippen molar-refractivity contribution >= 4 is 11.6 Å². The first-order chi connectivity index (χ1) is 16.2. The van der Waals surface area contributed by atoms with Gasteiger partial charge in [0.2, 0.25) is 5.91 Å². The van der Waals surface area contributed by atoms with E-state index in [4.69, 9.17) is 14.2 Å². The van der Waals surface area contributed by atoms with Gasteiger partial charge in [0.15, 0.2) is 0 Å². The molecule has 2 aliphatic heterocycles. The molecule has 0 spiro atoms. The summed E-state index contributed by atoms with van der Waals surface area (Å²) in [6, 6.07) is 16.1. The summed E-state index contributed by atoms with van der Waals surface area (Å²) >= 11 is 0. The highest BCUT2D eigenvalue weighted by Gasteiger charge is 2.26. The zero-order chi connectivity index (χ0) is 23.0. The fourth-order valence-corrected chi connectivity index (χ4v) is 4.63. The molecule has 1 atom stereocenters. The third-order valence-corrected chi connectivity index (χ3v) is 6.50. The number of piperazine rings is 1. The maximum absolute atomic E-state index is 13.2. The normalized spacial score (nSPS) is 18.6. The topological polar surface area (TPSA) is 54.5 Å². The Balaban J connectivity index is 1.35. The van der Waals surface area contributed by atoms with Gasteiger partial charge in [-0.25, -0.2) is 0 Å². The number of hydrogen-bond acceptors (Lipinski definition) is 6. The zero-order valence-corrected chi connectivity index (χ0v) is 19.7. The highest BCUT2D eigenvalue weighted by atomic mass is 16.5. The Kier molecular flexibility index (Phi) is 8.07. The average Bonchev–Trinajstić information content (AvgIpc) is 3.37. The summed E-state index contributed by atoms with van der Waals surface area (Å²) in [4.78, 5) is 19.8. The van der Waals surface area contributed by atoms with E-state index in [0.717, 1.165) is 69.2 Å². The van der Waals surface area contributed by atoms with E-state index < -0.39 is 0 Å². The summed E-state index contributed by atoms with van der Waals surface area (Å²) in [5.41, 5.74) is 2.26. The Hall–Kier alpha value is -2.77. The molecule has 4 rings (SSSR count). The lowest BCUT2D eigenvalue weighted by atomic mass is 10.1. The van der Waals surface area contributed by atoms with Crippen LogP contribution in [-0.2, 0) is 16.1 Å². The number of amides is 1. The van der Waals surface area contributed by atoms with E-state index in [2.05, 4.69) is 28.0 Å². The van der Waals surface area contributed by atoms with E-state index in [1.54, 1.807) is 14.2 Å². The van der Waals surface area contributed by atoms with Crippen LogP contribution in [0.15, 0.2) is 48.5 Å². The van der Waals surface area contributed by atoms with E-state index >= 15 is 0 Å². The molecule has 2 aromatic carbocycles. The molecule has 7 heteroatoms. The molecule has 7 nitrogen and oxygen atoms in total. The molecule has 0 radical (unpaired) electrons. The number of hydrogen-bond donors (Lipinski definition) is 0. The van der Waals surface area contributed by atoms with Crippen molar-refractivity contribution in [3.63, 3.8) is 0 Å². The molecule has 33 heavy (non-hydrogen) atoms. The second-order valence-corrected chi connectivity index (χ2v) is 8.68. The van der Waals surface area contributed by atoms with E-state index in [0.29, 0.717) is 13.1 Å². The minimum atomic E-state index is 0.178. The summed E-state index contributed by atoms with van der Waals surface area (Å²) < 4.78 is 16.7. The Morgan fingerprint density at radius 1 is 1.03 bits per heavy atom. The van der Waals surface area contributed by atoms with Crippen LogP contribution in [0.2, 0.25) is 0 Å². The van der Waals surface area contributed by atoms with Crippen molar-refractivity contribution in [1.29, 1.82) is 0 Å². The number of ether oxygens (including phenoxy) is 3. The SMILES string of the molecule is COc1ccc(N2CCN(C(=O)CN(Cc3ccccc3OC)CC3CCCO3)CC2)cc1. The minimum Gasteiger partial charge on any atom is -0.497 e. The molecule has 1 unspecified atom stereocenters. The van der Waals surface area contributed by atoms with Crippen molar-refractivity contribution in [3.05, 3.63) is 54.1 Å². The fourth-order valence-electron chi connectivity index (χ4n) is 4.63. The summed E-state index contributed by atoms with van der Waals surface area (Å²) in [5.74, 6) is 1.89. The largest absolute Gasteiger partial charge is 0.497 e. The lowest BCUT2D eigenvalue weighted by molar-refractivity contribution is -0.133. The molecule has 178 valence electrons. The molecule has 0 N–H and O–H groups in total. The van der Waals surface area contributed by atoms with Gasteiger partial charge in [-0.05, 0) is 43.2 Å². The van der Waals surface area contributed by atoms with Gasteiger partial charge in [-0.2, -0.15) is 0 Å². The van der Waals surface area contributed by atoms with Crippen LogP contribution in [0.25, 0.3) is 0 Å². The van der Waals surface area contributed by atoms with E-state index in [1.165, 1.54) is 5.69 Å². The zero-order valence-electron chi connectivity index (χ0n) is 19.7. The van der Waals surface area contributed by atoms with Crippen molar-refractivity contribution in [2.24, 2.45) is 0 Å². The highest BCUT2D eigenvalue weighted by molar-refractivity contribution is 5.78. The summed E-state index contributed by atoms with van der Waals surface area (Å²) in [6.07, 6.45) is 2.34. The second kappa shape index (κ2) is 11.4. The highest BCUT2D eigenvalue weighted by Crippen LogP contribution is 2.23. The summed E-state index contributed by atoms with van der Waals surface area (Å²) in [7, 11) is 3.37. The van der Waals surface area contributed by atoms with Gasteiger partial charge in [0.05, 0.1) is 26.9 Å². The standard InChI is InChI=1S/C26H35N3O4/c1-31-23-11-9-22(10-12-23)28-13-15-29(16-14-28)26(30)20-27(19-24-7-5-17-33-24)18-21-6-3-4-8-25(21)32-2/h3-4,6,8-12,24H,5,7,13-20H2,1-2H3. The Morgan fingerprint density at radius 2 is 1.79 bits per heavy atom. The molecule has 0 aromatic heterocycles. The lowest BCUT2D eigenvalue weighted by Gasteiger charge is -2.37. The number of carbonyl (C=O) groups excluding carboxylic acids is 1. The monoisotopic (exact) mass is 453 g/mol. The van der Waals surface area contributed by atoms with Crippen LogP contribution in [0, 0.1) is 0 Å². The lowest BCUT2D eigenvalue weighted by Crippen LogP contribution is -2.51. The van der Waals surface area contributed by atoms with Crippen molar-refractivity contribution in [2.75, 3.05) is 65.0 Å². The molecule has 2 fully saturated rings. The predicted octanol–water partition coefficient (Wildman–Crippen LogP) is 3.03. The average molecular weight is 454 g/mol. The van der Waals surface area contributed by atoms with E-state index in [-0.39, 0.29) is 12.0 Å². The van der Waals surface area contributed by atoms with Crippen LogP contribution in [-0.4, -0.2) is 81.9 Å². The molecule has 2 saturated heterocycles. The van der Waals surface area contributed by atoms with Crippen LogP contribution in [0.1, 0.15) is 18.4 Å². The number of rotatable bonds is 9. The van der Waals surface area contributed by atoms with Crippen molar-refractivity contribution in [2.45, 2.75) is 25.5 Å². The minimum absolute atomic E-state index is 0.178. The summed E-state index contributed by atoms with van der Waals surface area (Å²) in [6.45, 7) is 5.75. The van der Waals surface area contributed by atoms with Crippen LogP contribution < -0.4 is 14.4 Å².